The Hall–Kier alpha value is -1.20. The Kier molecular flexibility index (Phi) is 3.82. The van der Waals surface area contributed by atoms with Crippen LogP contribution in [-0.2, 0) is 6.42 Å². The molecule has 2 heterocycles. The molecule has 0 aliphatic carbocycles. The molecular formula is C13H15NO2S2. The van der Waals surface area contributed by atoms with Gasteiger partial charge in [0, 0.05) is 15.3 Å². The van der Waals surface area contributed by atoms with Gasteiger partial charge in [0.05, 0.1) is 5.69 Å². The van der Waals surface area contributed by atoms with Crippen LogP contribution >= 0.6 is 22.7 Å². The summed E-state index contributed by atoms with van der Waals surface area (Å²) in [5, 5.41) is 10.0. The van der Waals surface area contributed by atoms with Gasteiger partial charge in [0.2, 0.25) is 0 Å². The van der Waals surface area contributed by atoms with E-state index in [9.17, 15) is 9.90 Å². The third-order valence-corrected chi connectivity index (χ3v) is 4.73. The predicted octanol–water partition coefficient (Wildman–Crippen LogP) is 4.14. The normalized spacial score (nSPS) is 10.8. The molecule has 3 nitrogen and oxygen atoms in total. The molecular weight excluding hydrogens is 266 g/mol. The zero-order valence-corrected chi connectivity index (χ0v) is 12.2. The van der Waals surface area contributed by atoms with Crippen LogP contribution in [0.1, 0.15) is 38.5 Å². The molecule has 2 rings (SSSR count). The lowest BCUT2D eigenvalue weighted by Crippen LogP contribution is -1.98. The number of hydrogen-bond acceptors (Lipinski definition) is 4. The fourth-order valence-corrected chi connectivity index (χ4v) is 3.90. The maximum absolute atomic E-state index is 11.2. The smallest absolute Gasteiger partial charge is 0.347 e. The molecule has 0 spiro atoms. The van der Waals surface area contributed by atoms with Crippen molar-refractivity contribution in [3.05, 3.63) is 26.4 Å². The second-order valence-corrected chi connectivity index (χ2v) is 6.64. The van der Waals surface area contributed by atoms with Crippen molar-refractivity contribution in [2.24, 2.45) is 0 Å². The van der Waals surface area contributed by atoms with Crippen molar-refractivity contribution >= 4 is 28.6 Å². The first-order chi connectivity index (χ1) is 8.52. The van der Waals surface area contributed by atoms with Crippen LogP contribution in [0.2, 0.25) is 0 Å². The number of carboxylic acid groups (broad SMARTS) is 1. The minimum atomic E-state index is -0.869. The molecule has 0 bridgehead atoms. The summed E-state index contributed by atoms with van der Waals surface area (Å²) >= 11 is 3.00. The highest BCUT2D eigenvalue weighted by atomic mass is 32.1. The molecule has 2 aromatic rings. The number of hydrogen-bond donors (Lipinski definition) is 1. The summed E-state index contributed by atoms with van der Waals surface area (Å²) in [7, 11) is 0. The van der Waals surface area contributed by atoms with Crippen molar-refractivity contribution in [2.75, 3.05) is 0 Å². The van der Waals surface area contributed by atoms with E-state index in [1.165, 1.54) is 21.1 Å². The topological polar surface area (TPSA) is 50.2 Å². The Morgan fingerprint density at radius 1 is 1.39 bits per heavy atom. The number of rotatable bonds is 4. The van der Waals surface area contributed by atoms with Gasteiger partial charge in [-0.05, 0) is 26.3 Å². The Labute approximate surface area is 114 Å². The minimum Gasteiger partial charge on any atom is -0.477 e. The van der Waals surface area contributed by atoms with Gasteiger partial charge >= 0.3 is 5.97 Å². The standard InChI is InChI=1S/C13H15NO2S2/c1-4-5-10-11(13(15)16)18-12(14-10)9-6-7(2)17-8(9)3/h6H,4-5H2,1-3H3,(H,15,16). The zero-order chi connectivity index (χ0) is 13.3. The van der Waals surface area contributed by atoms with Crippen molar-refractivity contribution in [1.82, 2.24) is 4.98 Å². The number of thiophene rings is 1. The molecule has 0 fully saturated rings. The van der Waals surface area contributed by atoms with Crippen LogP contribution < -0.4 is 0 Å². The highest BCUT2D eigenvalue weighted by Crippen LogP contribution is 2.35. The van der Waals surface area contributed by atoms with Gasteiger partial charge < -0.3 is 5.11 Å². The van der Waals surface area contributed by atoms with Crippen molar-refractivity contribution in [2.45, 2.75) is 33.6 Å². The molecule has 0 aromatic carbocycles. The van der Waals surface area contributed by atoms with Crippen molar-refractivity contribution in [1.29, 1.82) is 0 Å². The first-order valence-electron chi connectivity index (χ1n) is 5.83. The lowest BCUT2D eigenvalue weighted by Gasteiger charge is -1.93. The van der Waals surface area contributed by atoms with Gasteiger partial charge in [-0.2, -0.15) is 0 Å². The summed E-state index contributed by atoms with van der Waals surface area (Å²) in [6, 6.07) is 2.08. The Morgan fingerprint density at radius 3 is 2.61 bits per heavy atom. The highest BCUT2D eigenvalue weighted by Gasteiger charge is 2.19. The number of aromatic carboxylic acids is 1. The Bertz CT molecular complexity index is 584. The second-order valence-electron chi connectivity index (χ2n) is 4.18. The molecule has 1 N–H and O–H groups in total. The first-order valence-corrected chi connectivity index (χ1v) is 7.46. The molecule has 0 aliphatic rings. The summed E-state index contributed by atoms with van der Waals surface area (Å²) in [6.07, 6.45) is 1.63. The molecule has 0 radical (unpaired) electrons. The number of carbonyl (C=O) groups is 1. The van der Waals surface area contributed by atoms with E-state index in [1.807, 2.05) is 13.8 Å². The predicted molar refractivity (Wildman–Crippen MR) is 75.9 cm³/mol. The fourth-order valence-electron chi connectivity index (χ4n) is 1.88. The average Bonchev–Trinajstić information content (AvgIpc) is 2.83. The van der Waals surface area contributed by atoms with Crippen LogP contribution in [0.25, 0.3) is 10.6 Å². The average molecular weight is 281 g/mol. The maximum Gasteiger partial charge on any atom is 0.347 e. The zero-order valence-electron chi connectivity index (χ0n) is 10.6. The summed E-state index contributed by atoms with van der Waals surface area (Å²) in [4.78, 5) is 18.5. The molecule has 96 valence electrons. The van der Waals surface area contributed by atoms with E-state index in [0.29, 0.717) is 10.6 Å². The molecule has 18 heavy (non-hydrogen) atoms. The first kappa shape index (κ1) is 13.2. The van der Waals surface area contributed by atoms with Crippen LogP contribution in [0, 0.1) is 13.8 Å². The van der Waals surface area contributed by atoms with E-state index in [2.05, 4.69) is 18.0 Å². The molecule has 5 heteroatoms. The van der Waals surface area contributed by atoms with E-state index in [0.717, 1.165) is 23.4 Å². The summed E-state index contributed by atoms with van der Waals surface area (Å²) in [5.74, 6) is -0.869. The van der Waals surface area contributed by atoms with Gasteiger partial charge in [-0.3, -0.25) is 0 Å². The quantitative estimate of drug-likeness (QED) is 0.916. The third kappa shape index (κ3) is 2.47. The number of aromatic nitrogens is 1. The SMILES string of the molecule is CCCc1nc(-c2cc(C)sc2C)sc1C(=O)O. The fraction of sp³-hybridized carbons (Fsp3) is 0.385. The van der Waals surface area contributed by atoms with Gasteiger partial charge in [0.25, 0.3) is 0 Å². The molecule has 0 amide bonds. The second kappa shape index (κ2) is 5.20. The molecule has 0 saturated carbocycles. The molecule has 0 atom stereocenters. The molecule has 0 saturated heterocycles. The van der Waals surface area contributed by atoms with E-state index in [-0.39, 0.29) is 0 Å². The van der Waals surface area contributed by atoms with Crippen molar-refractivity contribution < 1.29 is 9.90 Å². The third-order valence-electron chi connectivity index (χ3n) is 2.65. The lowest BCUT2D eigenvalue weighted by atomic mass is 10.2. The van der Waals surface area contributed by atoms with E-state index >= 15 is 0 Å². The van der Waals surface area contributed by atoms with Crippen molar-refractivity contribution in [3.8, 4) is 10.6 Å². The van der Waals surface area contributed by atoms with Crippen LogP contribution in [0.5, 0.6) is 0 Å². The van der Waals surface area contributed by atoms with Crippen LogP contribution in [-0.4, -0.2) is 16.1 Å². The van der Waals surface area contributed by atoms with Crippen LogP contribution in [0.15, 0.2) is 6.07 Å². The van der Waals surface area contributed by atoms with Gasteiger partial charge in [-0.1, -0.05) is 13.3 Å². The number of thiazole rings is 1. The Morgan fingerprint density at radius 2 is 2.11 bits per heavy atom. The van der Waals surface area contributed by atoms with Gasteiger partial charge in [0.15, 0.2) is 0 Å². The number of aryl methyl sites for hydroxylation is 3. The highest BCUT2D eigenvalue weighted by molar-refractivity contribution is 7.18. The summed E-state index contributed by atoms with van der Waals surface area (Å²) in [5.41, 5.74) is 1.79. The molecule has 2 aromatic heterocycles. The maximum atomic E-state index is 11.2. The van der Waals surface area contributed by atoms with E-state index in [1.54, 1.807) is 11.3 Å². The van der Waals surface area contributed by atoms with Gasteiger partial charge in [0.1, 0.15) is 9.88 Å². The lowest BCUT2D eigenvalue weighted by molar-refractivity contribution is 0.0700. The number of nitrogens with zero attached hydrogens (tertiary/aromatic N) is 1. The van der Waals surface area contributed by atoms with Crippen LogP contribution in [0.3, 0.4) is 0 Å². The number of carboxylic acids is 1. The summed E-state index contributed by atoms with van der Waals surface area (Å²) < 4.78 is 0. The monoisotopic (exact) mass is 281 g/mol. The van der Waals surface area contributed by atoms with Gasteiger partial charge in [-0.15, -0.1) is 22.7 Å². The summed E-state index contributed by atoms with van der Waals surface area (Å²) in [6.45, 7) is 6.14. The Balaban J connectivity index is 2.49. The molecule has 0 unspecified atom stereocenters. The van der Waals surface area contributed by atoms with Crippen LogP contribution in [0.4, 0.5) is 0 Å². The van der Waals surface area contributed by atoms with Gasteiger partial charge in [-0.25, -0.2) is 9.78 Å². The van der Waals surface area contributed by atoms with E-state index in [4.69, 9.17) is 0 Å². The minimum absolute atomic E-state index is 0.384. The largest absolute Gasteiger partial charge is 0.477 e. The van der Waals surface area contributed by atoms with E-state index < -0.39 is 5.97 Å². The van der Waals surface area contributed by atoms with Crippen molar-refractivity contribution in [3.63, 3.8) is 0 Å². The molecule has 0 aliphatic heterocycles.